The summed E-state index contributed by atoms with van der Waals surface area (Å²) >= 11 is 0. The minimum Gasteiger partial charge on any atom is -0.389 e. The van der Waals surface area contributed by atoms with Crippen molar-refractivity contribution in [2.75, 3.05) is 6.54 Å². The molecule has 14 heteroatoms. The number of aliphatic hydroxyl groups excluding tert-OH is 5. The van der Waals surface area contributed by atoms with E-state index in [-0.39, 0.29) is 13.0 Å². The van der Waals surface area contributed by atoms with E-state index >= 15 is 0 Å². The first-order valence-corrected chi connectivity index (χ1v) is 17.1. The number of nitrogens with two attached hydrogens (primary N) is 4. The molecule has 15 atom stereocenters. The fourth-order valence-corrected chi connectivity index (χ4v) is 6.25. The summed E-state index contributed by atoms with van der Waals surface area (Å²) in [6.07, 6.45) is -0.416. The van der Waals surface area contributed by atoms with Gasteiger partial charge in [0.1, 0.15) is 42.7 Å². The molecular weight excluding hydrogens is 622 g/mol. The van der Waals surface area contributed by atoms with Crippen LogP contribution in [-0.2, 0) is 18.9 Å². The highest BCUT2D eigenvalue weighted by molar-refractivity contribution is 5.72. The topological polar surface area (TPSA) is 255 Å². The standard InChI is InChI=1S/C34H61N5O9/c1-6-22-26(40)24(37)29(43)34(45-22)48-32-21(36)15-20(35)31(30(32)44)47-33-25(38)28(42)27(41)23(46-33)16-39-14-13-19(5)12-8-11-18(4)10-7-9-17(2)3/h9,11,13-14,20-34,40-44H,6-8,10,12,15-16,35-38H2,1-5H3/b18-11+,19-13+,39-14+. The zero-order valence-corrected chi connectivity index (χ0v) is 29.0. The van der Waals surface area contributed by atoms with Crippen LogP contribution in [0.1, 0.15) is 73.1 Å². The van der Waals surface area contributed by atoms with Gasteiger partial charge in [0.05, 0.1) is 30.8 Å². The highest BCUT2D eigenvalue weighted by Crippen LogP contribution is 2.31. The third-order valence-electron chi connectivity index (χ3n) is 9.42. The van der Waals surface area contributed by atoms with E-state index in [4.69, 9.17) is 41.9 Å². The smallest absolute Gasteiger partial charge is 0.186 e. The monoisotopic (exact) mass is 683 g/mol. The van der Waals surface area contributed by atoms with E-state index < -0.39 is 91.7 Å². The van der Waals surface area contributed by atoms with Crippen molar-refractivity contribution in [1.29, 1.82) is 0 Å². The summed E-state index contributed by atoms with van der Waals surface area (Å²) in [7, 11) is 0. The summed E-state index contributed by atoms with van der Waals surface area (Å²) in [4.78, 5) is 4.38. The second kappa shape index (κ2) is 19.1. The van der Waals surface area contributed by atoms with E-state index in [0.29, 0.717) is 6.42 Å². The predicted octanol–water partition coefficient (Wildman–Crippen LogP) is -0.376. The Morgan fingerprint density at radius 1 is 0.708 bits per heavy atom. The lowest BCUT2D eigenvalue weighted by Crippen LogP contribution is -2.69. The number of rotatable bonds is 14. The highest BCUT2D eigenvalue weighted by atomic mass is 16.7. The van der Waals surface area contributed by atoms with Gasteiger partial charge in [-0.2, -0.15) is 0 Å². The number of allylic oxidation sites excluding steroid dienone is 6. The Balaban J connectivity index is 1.59. The highest BCUT2D eigenvalue weighted by Gasteiger charge is 2.51. The number of hydrogen-bond acceptors (Lipinski definition) is 14. The lowest BCUT2D eigenvalue weighted by atomic mass is 9.84. The largest absolute Gasteiger partial charge is 0.389 e. The molecule has 3 aliphatic rings. The van der Waals surface area contributed by atoms with Crippen molar-refractivity contribution in [2.24, 2.45) is 27.9 Å². The molecule has 2 saturated heterocycles. The molecule has 2 heterocycles. The molecule has 14 nitrogen and oxygen atoms in total. The maximum absolute atomic E-state index is 11.3. The van der Waals surface area contributed by atoms with Gasteiger partial charge in [-0.1, -0.05) is 35.8 Å². The molecule has 0 bridgehead atoms. The van der Waals surface area contributed by atoms with Crippen LogP contribution in [0.25, 0.3) is 0 Å². The van der Waals surface area contributed by atoms with Crippen molar-refractivity contribution in [2.45, 2.75) is 165 Å². The SMILES string of the molecule is CCC1OC(OC2C(N)CC(N)C(OC3OC(C/N=C/C=C(\C)CC/C=C(\C)CCC=C(C)C)C(O)C(O)C3N)C2O)C(O)C(N)C1O. The van der Waals surface area contributed by atoms with Crippen LogP contribution in [-0.4, -0.2) is 130 Å². The van der Waals surface area contributed by atoms with Gasteiger partial charge in [0.25, 0.3) is 0 Å². The Kier molecular flexibility index (Phi) is 16.2. The maximum atomic E-state index is 11.3. The van der Waals surface area contributed by atoms with E-state index in [0.717, 1.165) is 31.3 Å². The van der Waals surface area contributed by atoms with Crippen LogP contribution in [0.4, 0.5) is 0 Å². The number of aliphatic hydroxyl groups is 5. The average Bonchev–Trinajstić information content (AvgIpc) is 3.03. The Morgan fingerprint density at radius 3 is 1.92 bits per heavy atom. The number of aliphatic imine (C=N–C) groups is 1. The number of nitrogens with zero attached hydrogens (tertiary/aromatic N) is 1. The average molecular weight is 684 g/mol. The van der Waals surface area contributed by atoms with Gasteiger partial charge < -0.3 is 67.4 Å². The number of ether oxygens (including phenoxy) is 4. The van der Waals surface area contributed by atoms with E-state index in [1.165, 1.54) is 11.1 Å². The normalized spacial score (nSPS) is 41.5. The van der Waals surface area contributed by atoms with Gasteiger partial charge in [0, 0.05) is 18.3 Å². The quantitative estimate of drug-likeness (QED) is 0.0837. The molecule has 15 unspecified atom stereocenters. The molecule has 3 fully saturated rings. The fourth-order valence-electron chi connectivity index (χ4n) is 6.25. The van der Waals surface area contributed by atoms with E-state index in [1.54, 1.807) is 13.1 Å². The summed E-state index contributed by atoms with van der Waals surface area (Å²) in [5, 5.41) is 53.7. The van der Waals surface area contributed by atoms with Gasteiger partial charge in [-0.25, -0.2) is 0 Å². The van der Waals surface area contributed by atoms with Gasteiger partial charge in [-0.3, -0.25) is 4.99 Å². The molecule has 13 N–H and O–H groups in total. The van der Waals surface area contributed by atoms with Crippen molar-refractivity contribution >= 4 is 6.21 Å². The molecule has 0 amide bonds. The summed E-state index contributed by atoms with van der Waals surface area (Å²) in [6.45, 7) is 10.2. The lowest BCUT2D eigenvalue weighted by Gasteiger charge is -2.48. The van der Waals surface area contributed by atoms with Gasteiger partial charge >= 0.3 is 0 Å². The summed E-state index contributed by atoms with van der Waals surface area (Å²) < 4.78 is 23.7. The van der Waals surface area contributed by atoms with Gasteiger partial charge in [0.2, 0.25) is 0 Å². The predicted molar refractivity (Wildman–Crippen MR) is 183 cm³/mol. The van der Waals surface area contributed by atoms with Gasteiger partial charge in [-0.05, 0) is 72.3 Å². The second-order valence-corrected chi connectivity index (χ2v) is 13.8. The van der Waals surface area contributed by atoms with Crippen molar-refractivity contribution < 1.29 is 44.5 Å². The van der Waals surface area contributed by atoms with Crippen LogP contribution < -0.4 is 22.9 Å². The minimum atomic E-state index is -1.41. The Labute approximate surface area is 284 Å². The Hall–Kier alpha value is -1.63. The minimum absolute atomic E-state index is 0.0233. The fraction of sp³-hybridized carbons (Fsp3) is 0.794. The summed E-state index contributed by atoms with van der Waals surface area (Å²) in [5.74, 6) is 0. The van der Waals surface area contributed by atoms with Crippen molar-refractivity contribution in [1.82, 2.24) is 0 Å². The third-order valence-corrected chi connectivity index (χ3v) is 9.42. The molecule has 0 aromatic heterocycles. The first-order chi connectivity index (χ1) is 22.7. The first kappa shape index (κ1) is 40.8. The summed E-state index contributed by atoms with van der Waals surface area (Å²) in [5.41, 5.74) is 28.7. The Morgan fingerprint density at radius 2 is 1.29 bits per heavy atom. The molecule has 1 saturated carbocycles. The van der Waals surface area contributed by atoms with E-state index in [2.05, 4.69) is 37.9 Å². The Bertz CT molecular complexity index is 1120. The molecule has 0 aromatic carbocycles. The summed E-state index contributed by atoms with van der Waals surface area (Å²) in [6, 6.07) is -3.72. The van der Waals surface area contributed by atoms with E-state index in [9.17, 15) is 25.5 Å². The van der Waals surface area contributed by atoms with Gasteiger partial charge in [-0.15, -0.1) is 0 Å². The van der Waals surface area contributed by atoms with Crippen molar-refractivity contribution in [3.05, 3.63) is 34.9 Å². The molecule has 0 radical (unpaired) electrons. The van der Waals surface area contributed by atoms with Crippen LogP contribution >= 0.6 is 0 Å². The molecule has 276 valence electrons. The first-order valence-electron chi connectivity index (χ1n) is 17.1. The zero-order chi connectivity index (χ0) is 35.7. The third kappa shape index (κ3) is 10.9. The molecule has 0 spiro atoms. The maximum Gasteiger partial charge on any atom is 0.186 e. The molecule has 0 aromatic rings. The lowest BCUT2D eigenvalue weighted by molar-refractivity contribution is -0.317. The second-order valence-electron chi connectivity index (χ2n) is 13.8. The van der Waals surface area contributed by atoms with Crippen LogP contribution in [0.3, 0.4) is 0 Å². The van der Waals surface area contributed by atoms with Crippen LogP contribution in [0.15, 0.2) is 39.9 Å². The molecule has 1 aliphatic carbocycles. The molecular formula is C34H61N5O9. The van der Waals surface area contributed by atoms with Crippen molar-refractivity contribution in [3.8, 4) is 0 Å². The molecule has 3 rings (SSSR count). The van der Waals surface area contributed by atoms with Crippen LogP contribution in [0.5, 0.6) is 0 Å². The van der Waals surface area contributed by atoms with E-state index in [1.807, 2.05) is 13.0 Å². The van der Waals surface area contributed by atoms with Crippen LogP contribution in [0, 0.1) is 0 Å². The van der Waals surface area contributed by atoms with Crippen LogP contribution in [0.2, 0.25) is 0 Å². The molecule has 2 aliphatic heterocycles. The van der Waals surface area contributed by atoms with Crippen molar-refractivity contribution in [3.63, 3.8) is 0 Å². The molecule has 48 heavy (non-hydrogen) atoms. The number of hydrogen-bond donors (Lipinski definition) is 9. The zero-order valence-electron chi connectivity index (χ0n) is 29.0. The van der Waals surface area contributed by atoms with Gasteiger partial charge in [0.15, 0.2) is 12.6 Å².